The van der Waals surface area contributed by atoms with Crippen molar-refractivity contribution in [3.05, 3.63) is 267 Å². The van der Waals surface area contributed by atoms with Gasteiger partial charge in [0.25, 0.3) is 0 Å². The number of furan rings is 1. The van der Waals surface area contributed by atoms with E-state index in [9.17, 15) is 0 Å². The van der Waals surface area contributed by atoms with Crippen molar-refractivity contribution in [1.29, 1.82) is 0 Å². The summed E-state index contributed by atoms with van der Waals surface area (Å²) in [5.41, 5.74) is 17.9. The van der Waals surface area contributed by atoms with E-state index in [4.69, 9.17) is 4.42 Å². The molecule has 2 aromatic heterocycles. The normalized spacial score (nSPS) is 11.7. The Labute approximate surface area is 411 Å². The summed E-state index contributed by atoms with van der Waals surface area (Å²) in [7, 11) is 0. The van der Waals surface area contributed by atoms with E-state index < -0.39 is 0 Å². The van der Waals surface area contributed by atoms with E-state index in [1.807, 2.05) is 0 Å². The lowest BCUT2D eigenvalue weighted by molar-refractivity contribution is 0.673. The van der Waals surface area contributed by atoms with E-state index in [-0.39, 0.29) is 0 Å². The van der Waals surface area contributed by atoms with Gasteiger partial charge in [-0.1, -0.05) is 182 Å². The average Bonchev–Trinajstić information content (AvgIpc) is 4.00. The Morgan fingerprint density at radius 2 is 0.704 bits per heavy atom. The number of aromatic nitrogens is 1. The van der Waals surface area contributed by atoms with E-state index >= 15 is 0 Å². The number of rotatable bonds is 8. The predicted molar refractivity (Wildman–Crippen MR) is 299 cm³/mol. The molecular weight excluding hydrogens is 861 g/mol. The Hall–Kier alpha value is -9.44. The van der Waals surface area contributed by atoms with Crippen molar-refractivity contribution in [3.8, 4) is 50.2 Å². The van der Waals surface area contributed by atoms with Gasteiger partial charge < -0.3 is 13.9 Å². The molecule has 0 saturated carbocycles. The number of anilines is 3. The molecule has 0 radical (unpaired) electrons. The maximum atomic E-state index is 6.58. The summed E-state index contributed by atoms with van der Waals surface area (Å²) in [6.07, 6.45) is 0. The molecular formula is C68H44N2O. The molecule has 12 aromatic carbocycles. The largest absolute Gasteiger partial charge is 0.455 e. The zero-order chi connectivity index (χ0) is 46.8. The van der Waals surface area contributed by atoms with Crippen LogP contribution in [0.5, 0.6) is 0 Å². The molecule has 14 aromatic rings. The van der Waals surface area contributed by atoms with Crippen LogP contribution in [-0.4, -0.2) is 4.57 Å². The zero-order valence-electron chi connectivity index (χ0n) is 38.7. The van der Waals surface area contributed by atoms with Gasteiger partial charge in [-0.15, -0.1) is 0 Å². The Kier molecular flexibility index (Phi) is 9.53. The van der Waals surface area contributed by atoms with Crippen LogP contribution in [0.25, 0.3) is 115 Å². The first-order valence-electron chi connectivity index (χ1n) is 24.3. The van der Waals surface area contributed by atoms with Crippen LogP contribution in [0.4, 0.5) is 17.1 Å². The minimum atomic E-state index is 0.892. The highest BCUT2D eigenvalue weighted by molar-refractivity contribution is 6.15. The maximum absolute atomic E-state index is 6.58. The highest BCUT2D eigenvalue weighted by Gasteiger charge is 2.17. The van der Waals surface area contributed by atoms with Gasteiger partial charge in [-0.05, 0) is 146 Å². The molecule has 0 unspecified atom stereocenters. The van der Waals surface area contributed by atoms with Gasteiger partial charge in [-0.2, -0.15) is 0 Å². The first kappa shape index (κ1) is 40.6. The minimum Gasteiger partial charge on any atom is -0.455 e. The molecule has 2 heterocycles. The van der Waals surface area contributed by atoms with Gasteiger partial charge in [0.1, 0.15) is 11.2 Å². The van der Waals surface area contributed by atoms with Crippen LogP contribution in [0.1, 0.15) is 0 Å². The summed E-state index contributed by atoms with van der Waals surface area (Å²) in [6, 6.07) is 96.7. The van der Waals surface area contributed by atoms with Crippen molar-refractivity contribution in [2.24, 2.45) is 0 Å². The van der Waals surface area contributed by atoms with Crippen LogP contribution in [0.3, 0.4) is 0 Å². The lowest BCUT2D eigenvalue weighted by Crippen LogP contribution is -2.09. The van der Waals surface area contributed by atoms with Crippen LogP contribution < -0.4 is 4.90 Å². The van der Waals surface area contributed by atoms with Gasteiger partial charge in [-0.25, -0.2) is 0 Å². The van der Waals surface area contributed by atoms with Crippen LogP contribution >= 0.6 is 0 Å². The molecule has 0 saturated heterocycles. The number of fused-ring (bicyclic) bond motifs is 9. The zero-order valence-corrected chi connectivity index (χ0v) is 38.7. The van der Waals surface area contributed by atoms with Gasteiger partial charge in [-0.3, -0.25) is 0 Å². The fourth-order valence-corrected chi connectivity index (χ4v) is 10.8. The van der Waals surface area contributed by atoms with Gasteiger partial charge in [0.05, 0.1) is 11.0 Å². The highest BCUT2D eigenvalue weighted by Crippen LogP contribution is 2.41. The molecule has 0 spiro atoms. The molecule has 0 bridgehead atoms. The Morgan fingerprint density at radius 3 is 1.32 bits per heavy atom. The summed E-state index contributed by atoms with van der Waals surface area (Å²) in [5.74, 6) is 0. The fourth-order valence-electron chi connectivity index (χ4n) is 10.8. The van der Waals surface area contributed by atoms with E-state index in [1.54, 1.807) is 0 Å². The lowest BCUT2D eigenvalue weighted by atomic mass is 9.98. The third kappa shape index (κ3) is 7.06. The van der Waals surface area contributed by atoms with Crippen molar-refractivity contribution in [2.45, 2.75) is 0 Å². The summed E-state index contributed by atoms with van der Waals surface area (Å²) < 4.78 is 8.96. The summed E-state index contributed by atoms with van der Waals surface area (Å²) in [4.78, 5) is 2.35. The van der Waals surface area contributed by atoms with Crippen molar-refractivity contribution >= 4 is 82.4 Å². The van der Waals surface area contributed by atoms with Crippen LogP contribution in [0, 0.1) is 0 Å². The fraction of sp³-hybridized carbons (Fsp3) is 0. The maximum Gasteiger partial charge on any atom is 0.143 e. The molecule has 0 N–H and O–H groups in total. The number of nitrogens with zero attached hydrogens (tertiary/aromatic N) is 2. The topological polar surface area (TPSA) is 21.3 Å². The van der Waals surface area contributed by atoms with Crippen LogP contribution in [0.15, 0.2) is 271 Å². The van der Waals surface area contributed by atoms with Crippen molar-refractivity contribution in [2.75, 3.05) is 4.90 Å². The van der Waals surface area contributed by atoms with E-state index in [0.717, 1.165) is 72.3 Å². The molecule has 0 aliphatic heterocycles. The van der Waals surface area contributed by atoms with E-state index in [0.29, 0.717) is 0 Å². The van der Waals surface area contributed by atoms with Crippen LogP contribution in [-0.2, 0) is 0 Å². The third-order valence-electron chi connectivity index (χ3n) is 14.4. The number of para-hydroxylation sites is 2. The van der Waals surface area contributed by atoms with E-state index in [2.05, 4.69) is 276 Å². The molecule has 0 amide bonds. The molecule has 0 atom stereocenters. The first-order chi connectivity index (χ1) is 35.2. The Balaban J connectivity index is 0.808. The first-order valence-corrected chi connectivity index (χ1v) is 24.3. The van der Waals surface area contributed by atoms with Crippen molar-refractivity contribution < 1.29 is 4.42 Å². The molecule has 71 heavy (non-hydrogen) atoms. The summed E-state index contributed by atoms with van der Waals surface area (Å²) in [5, 5.41) is 9.61. The molecule has 3 nitrogen and oxygen atoms in total. The number of hydrogen-bond donors (Lipinski definition) is 0. The van der Waals surface area contributed by atoms with Crippen molar-refractivity contribution in [3.63, 3.8) is 0 Å². The number of benzene rings is 12. The second-order valence-electron chi connectivity index (χ2n) is 18.5. The minimum absolute atomic E-state index is 0.892. The molecule has 332 valence electrons. The summed E-state index contributed by atoms with van der Waals surface area (Å²) in [6.45, 7) is 0. The number of hydrogen-bond acceptors (Lipinski definition) is 2. The van der Waals surface area contributed by atoms with Crippen LogP contribution in [0.2, 0.25) is 0 Å². The second-order valence-corrected chi connectivity index (χ2v) is 18.5. The molecule has 0 aliphatic rings. The summed E-state index contributed by atoms with van der Waals surface area (Å²) >= 11 is 0. The average molecular weight is 905 g/mol. The van der Waals surface area contributed by atoms with Gasteiger partial charge >= 0.3 is 0 Å². The van der Waals surface area contributed by atoms with Gasteiger partial charge in [0.2, 0.25) is 0 Å². The third-order valence-corrected chi connectivity index (χ3v) is 14.4. The second kappa shape index (κ2) is 16.7. The highest BCUT2D eigenvalue weighted by atomic mass is 16.3. The molecule has 0 aliphatic carbocycles. The Bertz CT molecular complexity index is 4260. The monoisotopic (exact) mass is 904 g/mol. The Morgan fingerprint density at radius 1 is 0.268 bits per heavy atom. The van der Waals surface area contributed by atoms with Crippen molar-refractivity contribution in [1.82, 2.24) is 4.57 Å². The lowest BCUT2D eigenvalue weighted by Gasteiger charge is -2.26. The molecule has 3 heteroatoms. The van der Waals surface area contributed by atoms with Gasteiger partial charge in [0, 0.05) is 49.7 Å². The SMILES string of the molecule is c1cc(-c2ccc(N(c3ccc(-c4ccc(-c5ccc6ccccc6c5)cc4)cc3)c3ccc(-c4ccc5c(c4)oc4c6ccccc6ccc54)cc3)cc2)cc(-n2c3ccccc3c3ccccc32)c1. The molecule has 0 fully saturated rings. The smallest absolute Gasteiger partial charge is 0.143 e. The predicted octanol–water partition coefficient (Wildman–Crippen LogP) is 19.1. The molecule has 14 rings (SSSR count). The standard InChI is InChI=1S/C68H44N2O/c1-2-12-52-42-54(25-24-45(52)10-1)48-22-20-46(21-23-48)47-26-34-56(35-27-47)69(58-38-30-50(31-39-58)55-33-40-63-64-41-32-51-11-3-4-15-60(51)68(64)71-67(63)44-55)57-36-28-49(29-37-57)53-13-9-14-59(43-53)70-65-18-7-5-16-61(65)62-17-6-8-19-66(62)70/h1-44H. The van der Waals surface area contributed by atoms with E-state index in [1.165, 1.54) is 60.2 Å². The quantitative estimate of drug-likeness (QED) is 0.151. The van der Waals surface area contributed by atoms with Gasteiger partial charge in [0.15, 0.2) is 0 Å².